The van der Waals surface area contributed by atoms with Gasteiger partial charge in [-0.05, 0) is 37.7 Å². The third-order valence-electron chi connectivity index (χ3n) is 3.26. The van der Waals surface area contributed by atoms with Gasteiger partial charge in [0.15, 0.2) is 0 Å². The second-order valence-electron chi connectivity index (χ2n) is 4.78. The maximum absolute atomic E-state index is 5.92. The molecule has 2 aromatic rings. The van der Waals surface area contributed by atoms with E-state index in [-0.39, 0.29) is 6.10 Å². The Morgan fingerprint density at radius 2 is 2.22 bits per heavy atom. The summed E-state index contributed by atoms with van der Waals surface area (Å²) in [6.45, 7) is 2.09. The molecule has 0 aliphatic carbocycles. The number of hydrogen-bond donors (Lipinski definition) is 0. The molecule has 0 N–H and O–H groups in total. The van der Waals surface area contributed by atoms with Crippen molar-refractivity contribution in [2.75, 3.05) is 20.1 Å². The molecule has 1 aromatic carbocycles. The van der Waals surface area contributed by atoms with Gasteiger partial charge in [0.1, 0.15) is 6.10 Å². The Kier molecular flexibility index (Phi) is 3.22. The molecule has 1 aliphatic rings. The summed E-state index contributed by atoms with van der Waals surface area (Å²) in [5, 5.41) is 1.13. The normalized spacial score (nSPS) is 20.4. The van der Waals surface area contributed by atoms with Crippen LogP contribution in [-0.4, -0.2) is 36.1 Å². The molecule has 1 aliphatic heterocycles. The Hall–Kier alpha value is -1.13. The van der Waals surface area contributed by atoms with E-state index in [1.807, 2.05) is 18.2 Å². The average Bonchev–Trinajstić information content (AvgIpc) is 2.75. The molecule has 18 heavy (non-hydrogen) atoms. The number of likely N-dealkylation sites (tertiary alicyclic amines) is 1. The van der Waals surface area contributed by atoms with Crippen molar-refractivity contribution in [2.45, 2.75) is 12.5 Å². The van der Waals surface area contributed by atoms with E-state index in [0.717, 1.165) is 40.8 Å². The van der Waals surface area contributed by atoms with Crippen LogP contribution in [0.25, 0.3) is 10.9 Å². The third kappa shape index (κ3) is 2.49. The largest absolute Gasteiger partial charge is 0.473 e. The van der Waals surface area contributed by atoms with Gasteiger partial charge >= 0.3 is 0 Å². The highest BCUT2D eigenvalue weighted by molar-refractivity contribution is 9.10. The number of aromatic nitrogens is 1. The number of nitrogens with zero attached hydrogens (tertiary/aromatic N) is 2. The lowest BCUT2D eigenvalue weighted by Crippen LogP contribution is -2.21. The van der Waals surface area contributed by atoms with Crippen molar-refractivity contribution in [3.05, 3.63) is 34.8 Å². The van der Waals surface area contributed by atoms with Gasteiger partial charge in [0.05, 0.1) is 5.52 Å². The van der Waals surface area contributed by atoms with E-state index >= 15 is 0 Å². The summed E-state index contributed by atoms with van der Waals surface area (Å²) in [5.74, 6) is 0.727. The Labute approximate surface area is 115 Å². The maximum Gasteiger partial charge on any atom is 0.214 e. The van der Waals surface area contributed by atoms with Crippen molar-refractivity contribution >= 4 is 26.8 Å². The number of rotatable bonds is 2. The lowest BCUT2D eigenvalue weighted by molar-refractivity contribution is 0.201. The van der Waals surface area contributed by atoms with Crippen LogP contribution >= 0.6 is 15.9 Å². The van der Waals surface area contributed by atoms with Gasteiger partial charge < -0.3 is 9.64 Å². The summed E-state index contributed by atoms with van der Waals surface area (Å²) >= 11 is 3.46. The second-order valence-corrected chi connectivity index (χ2v) is 5.69. The monoisotopic (exact) mass is 306 g/mol. The highest BCUT2D eigenvalue weighted by Gasteiger charge is 2.21. The first-order chi connectivity index (χ1) is 8.70. The van der Waals surface area contributed by atoms with E-state index in [4.69, 9.17) is 4.74 Å². The molecular formula is C14H15BrN2O. The smallest absolute Gasteiger partial charge is 0.214 e. The fourth-order valence-electron chi connectivity index (χ4n) is 2.30. The number of hydrogen-bond acceptors (Lipinski definition) is 3. The summed E-state index contributed by atoms with van der Waals surface area (Å²) in [5.41, 5.74) is 0.974. The van der Waals surface area contributed by atoms with E-state index < -0.39 is 0 Å². The second kappa shape index (κ2) is 4.86. The van der Waals surface area contributed by atoms with Crippen molar-refractivity contribution in [2.24, 2.45) is 0 Å². The third-order valence-corrected chi connectivity index (χ3v) is 3.75. The number of pyridine rings is 1. The van der Waals surface area contributed by atoms with E-state index in [0.29, 0.717) is 0 Å². The van der Waals surface area contributed by atoms with Crippen molar-refractivity contribution in [1.82, 2.24) is 9.88 Å². The molecule has 1 aromatic heterocycles. The number of ether oxygens (including phenoxy) is 1. The van der Waals surface area contributed by atoms with Gasteiger partial charge in [0.2, 0.25) is 5.88 Å². The van der Waals surface area contributed by atoms with Crippen LogP contribution in [-0.2, 0) is 0 Å². The molecule has 3 nitrogen and oxygen atoms in total. The Morgan fingerprint density at radius 1 is 1.33 bits per heavy atom. The number of benzene rings is 1. The van der Waals surface area contributed by atoms with Gasteiger partial charge in [-0.3, -0.25) is 0 Å². The van der Waals surface area contributed by atoms with Crippen LogP contribution in [0, 0.1) is 0 Å². The molecule has 2 heterocycles. The van der Waals surface area contributed by atoms with Gasteiger partial charge in [0.25, 0.3) is 0 Å². The van der Waals surface area contributed by atoms with Crippen molar-refractivity contribution in [3.8, 4) is 5.88 Å². The van der Waals surface area contributed by atoms with E-state index in [1.165, 1.54) is 0 Å². The van der Waals surface area contributed by atoms with Gasteiger partial charge in [0, 0.05) is 29.0 Å². The zero-order chi connectivity index (χ0) is 12.5. The van der Waals surface area contributed by atoms with Crippen molar-refractivity contribution < 1.29 is 4.74 Å². The summed E-state index contributed by atoms with van der Waals surface area (Å²) in [4.78, 5) is 6.82. The summed E-state index contributed by atoms with van der Waals surface area (Å²) in [6.07, 6.45) is 1.35. The van der Waals surface area contributed by atoms with E-state index in [2.05, 4.69) is 45.0 Å². The minimum Gasteiger partial charge on any atom is -0.473 e. The molecule has 1 saturated heterocycles. The first kappa shape index (κ1) is 11.9. The minimum absolute atomic E-state index is 0.274. The van der Waals surface area contributed by atoms with Crippen LogP contribution in [0.4, 0.5) is 0 Å². The van der Waals surface area contributed by atoms with Gasteiger partial charge in [-0.25, -0.2) is 4.98 Å². The van der Waals surface area contributed by atoms with Gasteiger partial charge in [-0.2, -0.15) is 0 Å². The zero-order valence-corrected chi connectivity index (χ0v) is 11.9. The Balaban J connectivity index is 1.82. The molecule has 4 heteroatoms. The van der Waals surface area contributed by atoms with Gasteiger partial charge in [-0.1, -0.05) is 15.9 Å². The van der Waals surface area contributed by atoms with E-state index in [9.17, 15) is 0 Å². The van der Waals surface area contributed by atoms with Crippen molar-refractivity contribution in [1.29, 1.82) is 0 Å². The summed E-state index contributed by atoms with van der Waals surface area (Å²) in [7, 11) is 2.12. The van der Waals surface area contributed by atoms with Gasteiger partial charge in [-0.15, -0.1) is 0 Å². The average molecular weight is 307 g/mol. The first-order valence-electron chi connectivity index (χ1n) is 6.12. The topological polar surface area (TPSA) is 25.4 Å². The number of likely N-dealkylation sites (N-methyl/N-ethyl adjacent to an activating group) is 1. The predicted molar refractivity (Wildman–Crippen MR) is 76.0 cm³/mol. The Bertz CT molecular complexity index is 573. The van der Waals surface area contributed by atoms with Crippen LogP contribution in [0.2, 0.25) is 0 Å². The van der Waals surface area contributed by atoms with Crippen LogP contribution in [0.3, 0.4) is 0 Å². The number of fused-ring (bicyclic) bond motifs is 1. The molecule has 0 saturated carbocycles. The fraction of sp³-hybridized carbons (Fsp3) is 0.357. The number of halogens is 1. The minimum atomic E-state index is 0.274. The molecule has 0 spiro atoms. The quantitative estimate of drug-likeness (QED) is 0.852. The lowest BCUT2D eigenvalue weighted by Gasteiger charge is -2.13. The standard InChI is InChI=1S/C14H15BrN2O/c1-17-7-6-12(9-17)18-14-5-2-10-8-11(15)3-4-13(10)16-14/h2-5,8,12H,6-7,9H2,1H3/t12-/m1/s1. The summed E-state index contributed by atoms with van der Waals surface area (Å²) < 4.78 is 6.99. The molecule has 0 amide bonds. The lowest BCUT2D eigenvalue weighted by atomic mass is 10.2. The molecule has 1 atom stereocenters. The van der Waals surface area contributed by atoms with Crippen LogP contribution in [0.1, 0.15) is 6.42 Å². The molecule has 0 bridgehead atoms. The maximum atomic E-state index is 5.92. The SMILES string of the molecule is CN1CC[C@@H](Oc2ccc3cc(Br)ccc3n2)C1. The highest BCUT2D eigenvalue weighted by Crippen LogP contribution is 2.22. The fourth-order valence-corrected chi connectivity index (χ4v) is 2.68. The molecule has 3 rings (SSSR count). The predicted octanol–water partition coefficient (Wildman–Crippen LogP) is 3.08. The highest BCUT2D eigenvalue weighted by atomic mass is 79.9. The molecule has 94 valence electrons. The first-order valence-corrected chi connectivity index (χ1v) is 6.91. The zero-order valence-electron chi connectivity index (χ0n) is 10.3. The molecule has 1 fully saturated rings. The van der Waals surface area contributed by atoms with Crippen molar-refractivity contribution in [3.63, 3.8) is 0 Å². The molecule has 0 unspecified atom stereocenters. The molecular weight excluding hydrogens is 292 g/mol. The van der Waals surface area contributed by atoms with Crippen LogP contribution < -0.4 is 4.74 Å². The molecule has 0 radical (unpaired) electrons. The van der Waals surface area contributed by atoms with Crippen LogP contribution in [0.15, 0.2) is 34.8 Å². The Morgan fingerprint density at radius 3 is 3.00 bits per heavy atom. The van der Waals surface area contributed by atoms with Crippen LogP contribution in [0.5, 0.6) is 5.88 Å². The summed E-state index contributed by atoms with van der Waals surface area (Å²) in [6, 6.07) is 10.1. The van der Waals surface area contributed by atoms with E-state index in [1.54, 1.807) is 0 Å².